The standard InChI is InChI=1S/C18H16F2N4O3S/c1-27-8-7-24-17(26)12-3-2-6-21-16(12)23-18(24)28-10-15(25)22-11-4-5-13(19)14(20)9-11/h2-6,9H,7-8,10H2,1H3,(H,22,25). The first-order valence-corrected chi connectivity index (χ1v) is 9.20. The summed E-state index contributed by atoms with van der Waals surface area (Å²) >= 11 is 1.04. The molecule has 0 atom stereocenters. The van der Waals surface area contributed by atoms with Gasteiger partial charge in [-0.1, -0.05) is 11.8 Å². The maximum absolute atomic E-state index is 13.2. The molecule has 0 aliphatic rings. The lowest BCUT2D eigenvalue weighted by Crippen LogP contribution is -2.26. The van der Waals surface area contributed by atoms with Gasteiger partial charge in [0.2, 0.25) is 5.91 Å². The molecule has 1 N–H and O–H groups in total. The number of nitrogens with one attached hydrogen (secondary N) is 1. The fraction of sp³-hybridized carbons (Fsp3) is 0.222. The number of ether oxygens (including phenoxy) is 1. The van der Waals surface area contributed by atoms with Gasteiger partial charge in [-0.15, -0.1) is 0 Å². The predicted octanol–water partition coefficient (Wildman–Crippen LogP) is 2.45. The van der Waals surface area contributed by atoms with Gasteiger partial charge in [-0.25, -0.2) is 18.7 Å². The second-order valence-electron chi connectivity index (χ2n) is 5.68. The number of carbonyl (C=O) groups is 1. The number of anilines is 1. The van der Waals surface area contributed by atoms with Crippen molar-refractivity contribution in [1.82, 2.24) is 14.5 Å². The summed E-state index contributed by atoms with van der Waals surface area (Å²) < 4.78 is 32.7. The fourth-order valence-corrected chi connectivity index (χ4v) is 3.24. The first kappa shape index (κ1) is 19.9. The van der Waals surface area contributed by atoms with Crippen molar-refractivity contribution >= 4 is 34.4 Å². The maximum Gasteiger partial charge on any atom is 0.263 e. The lowest BCUT2D eigenvalue weighted by atomic mass is 10.3. The molecule has 2 heterocycles. The van der Waals surface area contributed by atoms with Crippen LogP contribution in [0, 0.1) is 11.6 Å². The number of carbonyl (C=O) groups excluding carboxylic acids is 1. The minimum Gasteiger partial charge on any atom is -0.383 e. The quantitative estimate of drug-likeness (QED) is 0.479. The van der Waals surface area contributed by atoms with Crippen molar-refractivity contribution in [2.24, 2.45) is 0 Å². The van der Waals surface area contributed by atoms with E-state index in [-0.39, 0.29) is 29.2 Å². The summed E-state index contributed by atoms with van der Waals surface area (Å²) in [5.41, 5.74) is 0.137. The summed E-state index contributed by atoms with van der Waals surface area (Å²) in [6.07, 6.45) is 1.53. The SMILES string of the molecule is COCCn1c(SCC(=O)Nc2ccc(F)c(F)c2)nc2ncccc2c1=O. The monoisotopic (exact) mass is 406 g/mol. The number of benzene rings is 1. The Labute approximate surface area is 162 Å². The van der Waals surface area contributed by atoms with Crippen LogP contribution in [-0.4, -0.2) is 39.9 Å². The van der Waals surface area contributed by atoms with Crippen molar-refractivity contribution in [2.75, 3.05) is 24.8 Å². The molecule has 0 saturated heterocycles. The number of rotatable bonds is 7. The van der Waals surface area contributed by atoms with E-state index in [1.165, 1.54) is 23.9 Å². The summed E-state index contributed by atoms with van der Waals surface area (Å²) in [5, 5.41) is 3.16. The predicted molar refractivity (Wildman–Crippen MR) is 101 cm³/mol. The normalized spacial score (nSPS) is 11.0. The van der Waals surface area contributed by atoms with Gasteiger partial charge in [0.15, 0.2) is 22.4 Å². The molecule has 3 aromatic rings. The molecule has 0 saturated carbocycles. The Morgan fingerprint density at radius 3 is 2.86 bits per heavy atom. The van der Waals surface area contributed by atoms with E-state index in [1.54, 1.807) is 12.1 Å². The molecule has 10 heteroatoms. The highest BCUT2D eigenvalue weighted by Crippen LogP contribution is 2.18. The van der Waals surface area contributed by atoms with Crippen LogP contribution in [0.4, 0.5) is 14.5 Å². The molecule has 28 heavy (non-hydrogen) atoms. The number of hydrogen-bond donors (Lipinski definition) is 1. The lowest BCUT2D eigenvalue weighted by molar-refractivity contribution is -0.113. The van der Waals surface area contributed by atoms with E-state index >= 15 is 0 Å². The van der Waals surface area contributed by atoms with E-state index in [2.05, 4.69) is 15.3 Å². The van der Waals surface area contributed by atoms with Gasteiger partial charge in [0.05, 0.1) is 24.3 Å². The summed E-state index contributed by atoms with van der Waals surface area (Å²) in [4.78, 5) is 33.3. The van der Waals surface area contributed by atoms with Crippen LogP contribution in [0.2, 0.25) is 0 Å². The highest BCUT2D eigenvalue weighted by Gasteiger charge is 2.14. The Hall–Kier alpha value is -2.85. The molecule has 3 rings (SSSR count). The molecule has 0 aliphatic heterocycles. The van der Waals surface area contributed by atoms with Crippen LogP contribution in [0.15, 0.2) is 46.5 Å². The van der Waals surface area contributed by atoms with Gasteiger partial charge in [-0.05, 0) is 24.3 Å². The molecule has 0 radical (unpaired) electrons. The number of amides is 1. The Morgan fingerprint density at radius 2 is 2.11 bits per heavy atom. The number of nitrogens with zero attached hydrogens (tertiary/aromatic N) is 3. The molecule has 0 unspecified atom stereocenters. The lowest BCUT2D eigenvalue weighted by Gasteiger charge is -2.12. The number of methoxy groups -OCH3 is 1. The van der Waals surface area contributed by atoms with E-state index < -0.39 is 17.5 Å². The van der Waals surface area contributed by atoms with Gasteiger partial charge < -0.3 is 10.1 Å². The largest absolute Gasteiger partial charge is 0.383 e. The van der Waals surface area contributed by atoms with Crippen molar-refractivity contribution in [3.8, 4) is 0 Å². The van der Waals surface area contributed by atoms with E-state index in [0.717, 1.165) is 23.9 Å². The topological polar surface area (TPSA) is 86.1 Å². The van der Waals surface area contributed by atoms with Crippen LogP contribution in [0.25, 0.3) is 11.0 Å². The van der Waals surface area contributed by atoms with Gasteiger partial charge in [0, 0.05) is 25.1 Å². The second-order valence-corrected chi connectivity index (χ2v) is 6.63. The maximum atomic E-state index is 13.2. The van der Waals surface area contributed by atoms with Crippen molar-refractivity contribution < 1.29 is 18.3 Å². The molecule has 2 aromatic heterocycles. The number of fused-ring (bicyclic) bond motifs is 1. The average molecular weight is 406 g/mol. The number of aromatic nitrogens is 3. The third-order valence-corrected chi connectivity index (χ3v) is 4.73. The summed E-state index contributed by atoms with van der Waals surface area (Å²) in [6, 6.07) is 6.36. The zero-order valence-corrected chi connectivity index (χ0v) is 15.6. The van der Waals surface area contributed by atoms with Gasteiger partial charge in [0.1, 0.15) is 0 Å². The van der Waals surface area contributed by atoms with Crippen LogP contribution in [0.3, 0.4) is 0 Å². The van der Waals surface area contributed by atoms with E-state index in [0.29, 0.717) is 17.1 Å². The fourth-order valence-electron chi connectivity index (χ4n) is 2.43. The Morgan fingerprint density at radius 1 is 1.29 bits per heavy atom. The van der Waals surface area contributed by atoms with E-state index in [1.807, 2.05) is 0 Å². The molecule has 1 amide bonds. The summed E-state index contributed by atoms with van der Waals surface area (Å²) in [6.45, 7) is 0.558. The number of hydrogen-bond acceptors (Lipinski definition) is 6. The highest BCUT2D eigenvalue weighted by molar-refractivity contribution is 7.99. The molecule has 1 aromatic carbocycles. The van der Waals surface area contributed by atoms with Crippen molar-refractivity contribution in [1.29, 1.82) is 0 Å². The average Bonchev–Trinajstić information content (AvgIpc) is 2.69. The summed E-state index contributed by atoms with van der Waals surface area (Å²) in [7, 11) is 1.52. The van der Waals surface area contributed by atoms with Crippen LogP contribution in [-0.2, 0) is 16.1 Å². The molecule has 146 valence electrons. The van der Waals surface area contributed by atoms with E-state index in [9.17, 15) is 18.4 Å². The summed E-state index contributed by atoms with van der Waals surface area (Å²) in [5.74, 6) is -2.59. The number of thioether (sulfide) groups is 1. The number of halogens is 2. The minimum atomic E-state index is -1.05. The van der Waals surface area contributed by atoms with Crippen molar-refractivity contribution in [3.05, 3.63) is 58.5 Å². The Bertz CT molecular complexity index is 1070. The van der Waals surface area contributed by atoms with Gasteiger partial charge >= 0.3 is 0 Å². The van der Waals surface area contributed by atoms with Crippen molar-refractivity contribution in [2.45, 2.75) is 11.7 Å². The number of pyridine rings is 1. The van der Waals surface area contributed by atoms with Crippen LogP contribution >= 0.6 is 11.8 Å². The van der Waals surface area contributed by atoms with Gasteiger partial charge in [-0.3, -0.25) is 14.2 Å². The molecular formula is C18H16F2N4O3S. The first-order chi connectivity index (χ1) is 13.5. The zero-order chi connectivity index (χ0) is 20.1. The smallest absolute Gasteiger partial charge is 0.263 e. The van der Waals surface area contributed by atoms with E-state index in [4.69, 9.17) is 4.74 Å². The van der Waals surface area contributed by atoms with Gasteiger partial charge in [0.25, 0.3) is 5.56 Å². The molecule has 0 spiro atoms. The first-order valence-electron chi connectivity index (χ1n) is 8.22. The third kappa shape index (κ3) is 4.52. The molecule has 0 fully saturated rings. The van der Waals surface area contributed by atoms with Crippen LogP contribution in [0.1, 0.15) is 0 Å². The van der Waals surface area contributed by atoms with Gasteiger partial charge in [-0.2, -0.15) is 0 Å². The molecule has 7 nitrogen and oxygen atoms in total. The van der Waals surface area contributed by atoms with Crippen LogP contribution < -0.4 is 10.9 Å². The zero-order valence-electron chi connectivity index (χ0n) is 14.8. The third-order valence-electron chi connectivity index (χ3n) is 3.75. The molecule has 0 aliphatic carbocycles. The van der Waals surface area contributed by atoms with Crippen LogP contribution in [0.5, 0.6) is 0 Å². The minimum absolute atomic E-state index is 0.0865. The Balaban J connectivity index is 1.79. The molecule has 0 bridgehead atoms. The molecular weight excluding hydrogens is 390 g/mol. The second kappa shape index (κ2) is 8.89. The highest BCUT2D eigenvalue weighted by atomic mass is 32.2. The van der Waals surface area contributed by atoms with Crippen molar-refractivity contribution in [3.63, 3.8) is 0 Å². The Kier molecular flexibility index (Phi) is 6.32.